The molecule has 2 bridgehead atoms. The number of esters is 1. The number of carboxylic acids is 2. The molecule has 11 N–H and O–H groups in total. The molecule has 332 valence electrons. The molecular formula is C34H59IN9O14-. The number of carbonyl (C=O) groups excluding carboxylic acids is 5. The van der Waals surface area contributed by atoms with Gasteiger partial charge in [0.15, 0.2) is 0 Å². The molecule has 0 radical (unpaired) electrons. The number of carbonyl (C=O) groups is 7. The Morgan fingerprint density at radius 1 is 0.810 bits per heavy atom. The number of hydrogen-bond donors (Lipinski definition) is 10. The fraction of sp³-hybridized carbons (Fsp3) is 0.794. The third-order valence-electron chi connectivity index (χ3n) is 9.75. The fourth-order valence-corrected chi connectivity index (χ4v) is 9.23. The molecule has 3 rings (SSSR count). The molecule has 4 amide bonds. The van der Waals surface area contributed by atoms with Gasteiger partial charge in [0.05, 0.1) is 19.3 Å². The summed E-state index contributed by atoms with van der Waals surface area (Å²) in [6.07, 6.45) is -4.66. The number of nitrogens with two attached hydrogens (primary N) is 1. The zero-order chi connectivity index (χ0) is 42.8. The molecule has 3 heterocycles. The van der Waals surface area contributed by atoms with Crippen molar-refractivity contribution in [2.75, 3.05) is 103 Å². The van der Waals surface area contributed by atoms with Crippen LogP contribution in [0.15, 0.2) is 0 Å². The average molecular weight is 945 g/mol. The number of primary amides is 1. The molecule has 0 spiro atoms. The topological polar surface area (TPSA) is 328 Å². The van der Waals surface area contributed by atoms with Gasteiger partial charge in [-0.3, -0.25) is 4.79 Å². The number of ether oxygens (including phenoxy) is 1. The van der Waals surface area contributed by atoms with Crippen molar-refractivity contribution in [3.63, 3.8) is 0 Å². The van der Waals surface area contributed by atoms with Crippen LogP contribution in [0.25, 0.3) is 0 Å². The summed E-state index contributed by atoms with van der Waals surface area (Å²) in [6.45, 7) is 0.958. The van der Waals surface area contributed by atoms with Gasteiger partial charge in [-0.05, 0) is 0 Å². The number of aliphatic hydroxyl groups is 4. The normalized spacial score (nSPS) is 23.2. The Morgan fingerprint density at radius 2 is 1.50 bits per heavy atom. The van der Waals surface area contributed by atoms with Crippen LogP contribution in [0, 0.1) is 0 Å². The van der Waals surface area contributed by atoms with Gasteiger partial charge in [-0.25, -0.2) is 0 Å². The molecule has 23 nitrogen and oxygen atoms in total. The molecule has 0 aromatic carbocycles. The summed E-state index contributed by atoms with van der Waals surface area (Å²) in [6, 6.07) is -1.43. The SMILES string of the molecule is NC(=O)CN1CCC(NC(=O)[C@@H](CCC(=O)NCC[C@@H](O)[C@H](O)[C@H](O)CO)NC(=O)CN2CCN3CC(=O)OC(CN(CC(=O)O)CCN(CC(=O)O)[I-]C2)C3)CC1. The molecule has 3 aliphatic rings. The van der Waals surface area contributed by atoms with Crippen molar-refractivity contribution in [1.82, 2.24) is 38.7 Å². The van der Waals surface area contributed by atoms with Crippen molar-refractivity contribution in [1.29, 1.82) is 0 Å². The molecular weight excluding hydrogens is 885 g/mol. The van der Waals surface area contributed by atoms with Gasteiger partial charge in [-0.2, -0.15) is 0 Å². The first kappa shape index (κ1) is 49.0. The Balaban J connectivity index is 1.70. The van der Waals surface area contributed by atoms with E-state index >= 15 is 0 Å². The van der Waals surface area contributed by atoms with Gasteiger partial charge in [-0.1, -0.05) is 0 Å². The number of fused-ring (bicyclic) bond motifs is 2. The molecule has 0 aromatic heterocycles. The molecule has 58 heavy (non-hydrogen) atoms. The van der Waals surface area contributed by atoms with E-state index < -0.39 is 100 Å². The summed E-state index contributed by atoms with van der Waals surface area (Å²) >= 11 is -1.04. The molecule has 2 unspecified atom stereocenters. The summed E-state index contributed by atoms with van der Waals surface area (Å²) in [5.41, 5.74) is 5.31. The van der Waals surface area contributed by atoms with Crippen LogP contribution in [0.1, 0.15) is 32.1 Å². The van der Waals surface area contributed by atoms with Gasteiger partial charge in [0.25, 0.3) is 0 Å². The number of alkyl halides is 1. The van der Waals surface area contributed by atoms with Crippen LogP contribution in [0.2, 0.25) is 0 Å². The number of piperidine rings is 1. The number of likely N-dealkylation sites (tertiary alicyclic amines) is 1. The second kappa shape index (κ2) is 25.3. The number of carboxylic acid groups (broad SMARTS) is 2. The Kier molecular flexibility index (Phi) is 21.4. The van der Waals surface area contributed by atoms with E-state index in [2.05, 4.69) is 16.0 Å². The van der Waals surface area contributed by atoms with Crippen molar-refractivity contribution < 1.29 is 90.4 Å². The third kappa shape index (κ3) is 18.7. The zero-order valence-electron chi connectivity index (χ0n) is 32.5. The van der Waals surface area contributed by atoms with Gasteiger partial charge >= 0.3 is 279 Å². The van der Waals surface area contributed by atoms with Crippen molar-refractivity contribution in [3.05, 3.63) is 0 Å². The maximum absolute atomic E-state index is 13.7. The van der Waals surface area contributed by atoms with E-state index in [-0.39, 0.29) is 84.2 Å². The van der Waals surface area contributed by atoms with Gasteiger partial charge in [0, 0.05) is 0 Å². The van der Waals surface area contributed by atoms with E-state index in [9.17, 15) is 59.1 Å². The number of nitrogens with zero attached hydrogens (tertiary/aromatic N) is 5. The average Bonchev–Trinajstić information content (AvgIpc) is 3.15. The Hall–Kier alpha value is -3.34. The summed E-state index contributed by atoms with van der Waals surface area (Å²) in [5, 5.41) is 65.8. The van der Waals surface area contributed by atoms with Crippen molar-refractivity contribution in [2.24, 2.45) is 5.73 Å². The van der Waals surface area contributed by atoms with Gasteiger partial charge < -0.3 is 26.2 Å². The predicted molar refractivity (Wildman–Crippen MR) is 197 cm³/mol. The first-order chi connectivity index (χ1) is 27.5. The minimum atomic E-state index is -1.63. The van der Waals surface area contributed by atoms with Crippen LogP contribution in [-0.4, -0.2) is 234 Å². The number of halogens is 1. The molecule has 0 aliphatic carbocycles. The summed E-state index contributed by atoms with van der Waals surface area (Å²) in [4.78, 5) is 94.4. The van der Waals surface area contributed by atoms with E-state index in [1.807, 2.05) is 14.7 Å². The minimum absolute atomic E-state index is 0.00835. The molecule has 6 atom stereocenters. The molecule has 0 aromatic rings. The van der Waals surface area contributed by atoms with E-state index in [1.54, 1.807) is 8.01 Å². The van der Waals surface area contributed by atoms with Crippen molar-refractivity contribution in [3.8, 4) is 0 Å². The number of amides is 4. The van der Waals surface area contributed by atoms with Crippen LogP contribution in [0.3, 0.4) is 0 Å². The second-order valence-corrected chi connectivity index (χ2v) is 17.4. The van der Waals surface area contributed by atoms with Crippen molar-refractivity contribution in [2.45, 2.75) is 68.6 Å². The van der Waals surface area contributed by atoms with Crippen molar-refractivity contribution >= 4 is 41.5 Å². The van der Waals surface area contributed by atoms with E-state index in [0.717, 1.165) is 0 Å². The van der Waals surface area contributed by atoms with E-state index in [4.69, 9.17) is 15.6 Å². The molecule has 3 aliphatic heterocycles. The first-order valence-corrected chi connectivity index (χ1v) is 21.7. The van der Waals surface area contributed by atoms with Gasteiger partial charge in [0.1, 0.15) is 12.2 Å². The molecule has 0 saturated carbocycles. The zero-order valence-corrected chi connectivity index (χ0v) is 34.6. The third-order valence-corrected chi connectivity index (χ3v) is 12.8. The molecule has 3 fully saturated rings. The Labute approximate surface area is 346 Å². The maximum atomic E-state index is 13.7. The van der Waals surface area contributed by atoms with Crippen LogP contribution in [0.4, 0.5) is 0 Å². The number of nitrogens with one attached hydrogen (secondary N) is 3. The Morgan fingerprint density at radius 3 is 2.16 bits per heavy atom. The van der Waals surface area contributed by atoms with E-state index in [1.165, 1.54) is 0 Å². The summed E-state index contributed by atoms with van der Waals surface area (Å²) in [7, 11) is 0. The van der Waals surface area contributed by atoms with Crippen LogP contribution in [0.5, 0.6) is 0 Å². The predicted octanol–water partition coefficient (Wildman–Crippen LogP) is -9.82. The fourth-order valence-electron chi connectivity index (χ4n) is 6.70. The van der Waals surface area contributed by atoms with Crippen LogP contribution < -0.4 is 43.2 Å². The number of morpholine rings is 1. The quantitative estimate of drug-likeness (QED) is 0.0178. The molecule has 24 heteroatoms. The number of aliphatic carboxylic acids is 2. The summed E-state index contributed by atoms with van der Waals surface area (Å²) in [5.74, 6) is -4.68. The van der Waals surface area contributed by atoms with Gasteiger partial charge in [-0.15, -0.1) is 0 Å². The summed E-state index contributed by atoms with van der Waals surface area (Å²) < 4.78 is 7.55. The number of hydrogen-bond acceptors (Lipinski definition) is 17. The van der Waals surface area contributed by atoms with Crippen LogP contribution in [-0.2, 0) is 38.3 Å². The van der Waals surface area contributed by atoms with Crippen LogP contribution >= 0.6 is 0 Å². The Bertz CT molecular complexity index is 1390. The number of aliphatic hydroxyl groups excluding tert-OH is 4. The standard InChI is InChI=1S/C34H59IN9O14/c36-27(48)15-40-7-4-22(5-8-40)38-34(57)24(1-2-28(49)37-6-3-25(46)33(56)26(47)20-45)39-29(50)16-43-10-9-42-14-23(58-32(55)19-42)13-41(17-30(51)52)11-12-44(35-21-43)18-31(53)54/h22-26,33,45-47,56H,1-21H2,(H2,36,48)(H,37,49)(H,38,57)(H,39,50)(H,51,52)(H,53,54)/q-1/t23?,24-,25-,26-,33+/m1/s1. The first-order valence-electron chi connectivity index (χ1n) is 19.2. The monoisotopic (exact) mass is 944 g/mol. The van der Waals surface area contributed by atoms with Gasteiger partial charge in [0.2, 0.25) is 5.91 Å². The molecule has 3 saturated heterocycles. The van der Waals surface area contributed by atoms with E-state index in [0.29, 0.717) is 50.1 Å². The number of rotatable bonds is 20. The second-order valence-electron chi connectivity index (χ2n) is 14.6.